The zero-order chi connectivity index (χ0) is 13.3. The van der Waals surface area contributed by atoms with E-state index in [1.165, 1.54) is 12.3 Å². The molecule has 4 nitrogen and oxygen atoms in total. The SMILES string of the molecule is CC/C=C1/C(C(=O)O)=CNc2nc(Cl)c(F)cc21. The second-order valence-corrected chi connectivity index (χ2v) is 4.05. The lowest BCUT2D eigenvalue weighted by Crippen LogP contribution is -2.13. The van der Waals surface area contributed by atoms with Crippen molar-refractivity contribution < 1.29 is 14.3 Å². The third-order valence-electron chi connectivity index (χ3n) is 2.51. The average Bonchev–Trinajstić information content (AvgIpc) is 2.31. The molecule has 1 aliphatic rings. The third kappa shape index (κ3) is 2.09. The number of nitrogens with zero attached hydrogens (tertiary/aromatic N) is 1. The molecule has 0 saturated heterocycles. The highest BCUT2D eigenvalue weighted by atomic mass is 35.5. The van der Waals surface area contributed by atoms with E-state index in [9.17, 15) is 9.18 Å². The number of carbonyl (C=O) groups is 1. The number of carboxylic acids is 1. The monoisotopic (exact) mass is 268 g/mol. The van der Waals surface area contributed by atoms with Gasteiger partial charge in [0.15, 0.2) is 11.0 Å². The molecule has 0 fully saturated rings. The molecule has 0 atom stereocenters. The van der Waals surface area contributed by atoms with Crippen LogP contribution in [-0.2, 0) is 4.79 Å². The summed E-state index contributed by atoms with van der Waals surface area (Å²) in [5.41, 5.74) is 0.924. The quantitative estimate of drug-likeness (QED) is 0.809. The molecule has 18 heavy (non-hydrogen) atoms. The summed E-state index contributed by atoms with van der Waals surface area (Å²) >= 11 is 5.59. The molecule has 6 heteroatoms. The van der Waals surface area contributed by atoms with Crippen molar-refractivity contribution >= 4 is 29.0 Å². The lowest BCUT2D eigenvalue weighted by Gasteiger charge is -2.19. The molecule has 0 bridgehead atoms. The van der Waals surface area contributed by atoms with E-state index in [0.717, 1.165) is 0 Å². The predicted octanol–water partition coefficient (Wildman–Crippen LogP) is 3.06. The number of anilines is 1. The van der Waals surface area contributed by atoms with Crippen LogP contribution >= 0.6 is 11.6 Å². The number of hydrogen-bond donors (Lipinski definition) is 2. The van der Waals surface area contributed by atoms with E-state index in [1.807, 2.05) is 6.92 Å². The molecule has 1 aromatic rings. The first kappa shape index (κ1) is 12.6. The minimum Gasteiger partial charge on any atom is -0.478 e. The molecule has 2 rings (SSSR count). The van der Waals surface area contributed by atoms with Crippen LogP contribution in [0.5, 0.6) is 0 Å². The van der Waals surface area contributed by atoms with Crippen molar-refractivity contribution in [2.75, 3.05) is 5.32 Å². The van der Waals surface area contributed by atoms with Crippen LogP contribution in [0.3, 0.4) is 0 Å². The Balaban J connectivity index is 2.62. The molecule has 1 aromatic heterocycles. The Bertz CT molecular complexity index is 582. The van der Waals surface area contributed by atoms with Gasteiger partial charge in [0, 0.05) is 11.8 Å². The van der Waals surface area contributed by atoms with Gasteiger partial charge in [-0.2, -0.15) is 0 Å². The Morgan fingerprint density at radius 1 is 1.67 bits per heavy atom. The fourth-order valence-corrected chi connectivity index (χ4v) is 1.89. The molecule has 2 heterocycles. The maximum absolute atomic E-state index is 13.4. The molecule has 0 amide bonds. The van der Waals surface area contributed by atoms with Crippen molar-refractivity contribution in [3.63, 3.8) is 0 Å². The number of carboxylic acid groups (broad SMARTS) is 1. The minimum absolute atomic E-state index is 0.0767. The number of allylic oxidation sites excluding steroid dienone is 1. The second-order valence-electron chi connectivity index (χ2n) is 3.69. The van der Waals surface area contributed by atoms with Crippen LogP contribution in [-0.4, -0.2) is 16.1 Å². The molecule has 0 radical (unpaired) electrons. The number of nitrogens with one attached hydrogen (secondary N) is 1. The molecule has 0 unspecified atom stereocenters. The van der Waals surface area contributed by atoms with E-state index in [1.54, 1.807) is 6.08 Å². The lowest BCUT2D eigenvalue weighted by atomic mass is 9.95. The van der Waals surface area contributed by atoms with Gasteiger partial charge in [0.1, 0.15) is 5.82 Å². The van der Waals surface area contributed by atoms with Crippen LogP contribution < -0.4 is 5.32 Å². The summed E-state index contributed by atoms with van der Waals surface area (Å²) in [6.07, 6.45) is 3.67. The maximum atomic E-state index is 13.4. The number of aromatic nitrogens is 1. The van der Waals surface area contributed by atoms with Gasteiger partial charge < -0.3 is 10.4 Å². The highest BCUT2D eigenvalue weighted by molar-refractivity contribution is 6.29. The van der Waals surface area contributed by atoms with Gasteiger partial charge in [-0.3, -0.25) is 0 Å². The van der Waals surface area contributed by atoms with E-state index in [-0.39, 0.29) is 10.7 Å². The first-order valence-corrected chi connectivity index (χ1v) is 5.69. The van der Waals surface area contributed by atoms with E-state index < -0.39 is 11.8 Å². The highest BCUT2D eigenvalue weighted by Crippen LogP contribution is 2.34. The molecule has 0 spiro atoms. The minimum atomic E-state index is -1.08. The maximum Gasteiger partial charge on any atom is 0.337 e. The zero-order valence-corrected chi connectivity index (χ0v) is 10.3. The van der Waals surface area contributed by atoms with Crippen molar-refractivity contribution in [2.45, 2.75) is 13.3 Å². The Labute approximate surface area is 108 Å². The molecule has 0 saturated carbocycles. The molecule has 1 aliphatic heterocycles. The van der Waals surface area contributed by atoms with Gasteiger partial charge in [-0.15, -0.1) is 0 Å². The van der Waals surface area contributed by atoms with Crippen molar-refractivity contribution in [1.29, 1.82) is 0 Å². The third-order valence-corrected chi connectivity index (χ3v) is 2.77. The predicted molar refractivity (Wildman–Crippen MR) is 66.8 cm³/mol. The van der Waals surface area contributed by atoms with E-state index in [2.05, 4.69) is 10.3 Å². The number of pyridine rings is 1. The van der Waals surface area contributed by atoms with Crippen LogP contribution in [0, 0.1) is 5.82 Å². The normalized spacial score (nSPS) is 15.9. The summed E-state index contributed by atoms with van der Waals surface area (Å²) in [5, 5.41) is 11.6. The van der Waals surface area contributed by atoms with Crippen LogP contribution in [0.1, 0.15) is 18.9 Å². The first-order chi connectivity index (χ1) is 8.54. The van der Waals surface area contributed by atoms with E-state index >= 15 is 0 Å². The smallest absolute Gasteiger partial charge is 0.337 e. The standard InChI is InChI=1S/C12H10ClFN2O2/c1-2-3-6-7-4-9(14)10(13)16-11(7)15-5-8(6)12(17)18/h3-5H,2H2,1H3,(H,15,16)(H,17,18)/b6-3+. The summed E-state index contributed by atoms with van der Waals surface area (Å²) in [6, 6.07) is 1.19. The summed E-state index contributed by atoms with van der Waals surface area (Å²) in [7, 11) is 0. The van der Waals surface area contributed by atoms with Crippen LogP contribution in [0.25, 0.3) is 5.57 Å². The largest absolute Gasteiger partial charge is 0.478 e. The number of aliphatic carboxylic acids is 1. The van der Waals surface area contributed by atoms with Gasteiger partial charge in [-0.1, -0.05) is 24.6 Å². The molecule has 0 aromatic carbocycles. The number of rotatable bonds is 2. The molecule has 0 aliphatic carbocycles. The topological polar surface area (TPSA) is 62.2 Å². The van der Waals surface area contributed by atoms with Crippen molar-refractivity contribution in [1.82, 2.24) is 4.98 Å². The van der Waals surface area contributed by atoms with Crippen LogP contribution in [0.2, 0.25) is 5.15 Å². The summed E-state index contributed by atoms with van der Waals surface area (Å²) < 4.78 is 13.4. The molecular formula is C12H10ClFN2O2. The number of halogens is 2. The lowest BCUT2D eigenvalue weighted by molar-refractivity contribution is -0.132. The summed E-state index contributed by atoms with van der Waals surface area (Å²) in [6.45, 7) is 1.87. The Morgan fingerprint density at radius 3 is 3.00 bits per heavy atom. The van der Waals surface area contributed by atoms with Crippen molar-refractivity contribution in [2.24, 2.45) is 0 Å². The average molecular weight is 269 g/mol. The van der Waals surface area contributed by atoms with E-state index in [0.29, 0.717) is 23.4 Å². The number of fused-ring (bicyclic) bond motifs is 1. The Kier molecular flexibility index (Phi) is 3.34. The first-order valence-electron chi connectivity index (χ1n) is 5.31. The van der Waals surface area contributed by atoms with Gasteiger partial charge in [0.05, 0.1) is 5.57 Å². The van der Waals surface area contributed by atoms with Gasteiger partial charge in [-0.05, 0) is 18.1 Å². The van der Waals surface area contributed by atoms with Gasteiger partial charge in [0.25, 0.3) is 0 Å². The van der Waals surface area contributed by atoms with Crippen molar-refractivity contribution in [3.8, 4) is 0 Å². The second kappa shape index (κ2) is 4.78. The Morgan fingerprint density at radius 2 is 2.39 bits per heavy atom. The number of hydrogen-bond acceptors (Lipinski definition) is 3. The van der Waals surface area contributed by atoms with Crippen molar-refractivity contribution in [3.05, 3.63) is 40.4 Å². The molecule has 94 valence electrons. The fourth-order valence-electron chi connectivity index (χ4n) is 1.75. The van der Waals surface area contributed by atoms with Crippen LogP contribution in [0.4, 0.5) is 10.2 Å². The summed E-state index contributed by atoms with van der Waals surface area (Å²) in [5.74, 6) is -1.40. The zero-order valence-electron chi connectivity index (χ0n) is 9.50. The Hall–Kier alpha value is -1.88. The fraction of sp³-hybridized carbons (Fsp3) is 0.167. The van der Waals surface area contributed by atoms with E-state index in [4.69, 9.17) is 16.7 Å². The van der Waals surface area contributed by atoms with Gasteiger partial charge in [-0.25, -0.2) is 14.2 Å². The van der Waals surface area contributed by atoms with Crippen LogP contribution in [0.15, 0.2) is 23.9 Å². The molecule has 2 N–H and O–H groups in total. The molecular weight excluding hydrogens is 259 g/mol. The summed E-state index contributed by atoms with van der Waals surface area (Å²) in [4.78, 5) is 15.0. The van der Waals surface area contributed by atoms with Gasteiger partial charge >= 0.3 is 5.97 Å². The highest BCUT2D eigenvalue weighted by Gasteiger charge is 2.24. The van der Waals surface area contributed by atoms with Gasteiger partial charge in [0.2, 0.25) is 0 Å².